The average molecular weight is 460 g/mol. The molecule has 9 heteroatoms. The smallest absolute Gasteiger partial charge is 0.190 e. The number of carbonyl (C=O) groups is 2. The van der Waals surface area contributed by atoms with Gasteiger partial charge in [-0.2, -0.15) is 5.10 Å². The van der Waals surface area contributed by atoms with Gasteiger partial charge in [0.1, 0.15) is 10.7 Å². The van der Waals surface area contributed by atoms with Crippen molar-refractivity contribution in [1.82, 2.24) is 9.99 Å². The molecule has 1 saturated carbocycles. The number of hydrogen-bond donors (Lipinski definition) is 0. The van der Waals surface area contributed by atoms with Crippen LogP contribution in [0.3, 0.4) is 0 Å². The first-order valence-corrected chi connectivity index (χ1v) is 12.9. The Kier molecular flexibility index (Phi) is 6.34. The van der Waals surface area contributed by atoms with Gasteiger partial charge in [-0.15, -0.1) is 11.3 Å². The van der Waals surface area contributed by atoms with Gasteiger partial charge in [-0.1, -0.05) is 19.1 Å². The summed E-state index contributed by atoms with van der Waals surface area (Å²) in [5.41, 5.74) is 0.892. The second-order valence-corrected chi connectivity index (χ2v) is 11.2. The second-order valence-electron chi connectivity index (χ2n) is 7.87. The van der Waals surface area contributed by atoms with Crippen molar-refractivity contribution in [3.8, 4) is 0 Å². The van der Waals surface area contributed by atoms with E-state index in [0.29, 0.717) is 40.4 Å². The average Bonchev–Trinajstić information content (AvgIpc) is 3.33. The number of sulfone groups is 1. The fourth-order valence-corrected chi connectivity index (χ4v) is 6.09. The molecule has 1 aliphatic carbocycles. The third-order valence-electron chi connectivity index (χ3n) is 5.47. The van der Waals surface area contributed by atoms with E-state index in [2.05, 4.69) is 10.1 Å². The van der Waals surface area contributed by atoms with Gasteiger partial charge in [0.2, 0.25) is 0 Å². The van der Waals surface area contributed by atoms with Crippen molar-refractivity contribution < 1.29 is 18.0 Å². The molecule has 0 N–H and O–H groups in total. The maximum atomic E-state index is 13.2. The lowest BCUT2D eigenvalue weighted by Crippen LogP contribution is -2.23. The fraction of sp³-hybridized carbons (Fsp3) is 0.455. The molecule has 7 nitrogen and oxygen atoms in total. The van der Waals surface area contributed by atoms with Crippen molar-refractivity contribution in [2.45, 2.75) is 55.6 Å². The number of Topliss-reactive ketones (excluding diaryl/α,β-unsaturated/α-hetero) is 2. The predicted molar refractivity (Wildman–Crippen MR) is 119 cm³/mol. The number of thiazole rings is 1. The van der Waals surface area contributed by atoms with Crippen LogP contribution in [0.15, 0.2) is 40.5 Å². The summed E-state index contributed by atoms with van der Waals surface area (Å²) >= 11 is 1.24. The summed E-state index contributed by atoms with van der Waals surface area (Å²) in [4.78, 5) is 30.1. The molecule has 0 unspecified atom stereocenters. The molecule has 0 atom stereocenters. The molecule has 31 heavy (non-hydrogen) atoms. The summed E-state index contributed by atoms with van der Waals surface area (Å²) in [5.74, 6) is -0.191. The highest BCUT2D eigenvalue weighted by Gasteiger charge is 2.36. The topological polar surface area (TPSA) is 96.8 Å². The lowest BCUT2D eigenvalue weighted by atomic mass is 10.0. The normalized spacial score (nSPS) is 17.2. The molecule has 0 radical (unpaired) electrons. The quantitative estimate of drug-likeness (QED) is 0.422. The maximum absolute atomic E-state index is 13.2. The summed E-state index contributed by atoms with van der Waals surface area (Å²) in [6.07, 6.45) is 5.44. The number of hydrogen-bond acceptors (Lipinski definition) is 8. The Bertz CT molecular complexity index is 1110. The number of aromatic nitrogens is 1. The van der Waals surface area contributed by atoms with Gasteiger partial charge in [0, 0.05) is 31.3 Å². The van der Waals surface area contributed by atoms with Crippen LogP contribution in [0.25, 0.3) is 0 Å². The molecule has 2 fully saturated rings. The highest BCUT2D eigenvalue weighted by molar-refractivity contribution is 7.92. The summed E-state index contributed by atoms with van der Waals surface area (Å²) in [5, 5.41) is 6.78. The Morgan fingerprint density at radius 2 is 1.84 bits per heavy atom. The third-order valence-corrected chi connectivity index (χ3v) is 8.79. The lowest BCUT2D eigenvalue weighted by Gasteiger charge is -2.14. The SMILES string of the molecule is CCC(=O)c1cnc(CC(=O)/C(=N/N2CCCC2)c2ccc(S(=O)(=O)C3CC3)cc2)s1. The van der Waals surface area contributed by atoms with E-state index in [1.54, 1.807) is 31.2 Å². The Morgan fingerprint density at radius 3 is 2.45 bits per heavy atom. The minimum atomic E-state index is -3.28. The van der Waals surface area contributed by atoms with E-state index in [4.69, 9.17) is 0 Å². The minimum absolute atomic E-state index is 0.00890. The zero-order chi connectivity index (χ0) is 22.0. The van der Waals surface area contributed by atoms with E-state index < -0.39 is 9.84 Å². The molecular weight excluding hydrogens is 434 g/mol. The molecule has 164 valence electrons. The Hall–Kier alpha value is -2.39. The van der Waals surface area contributed by atoms with Gasteiger partial charge in [-0.3, -0.25) is 14.6 Å². The lowest BCUT2D eigenvalue weighted by molar-refractivity contribution is -0.112. The molecule has 1 aromatic carbocycles. The largest absolute Gasteiger partial charge is 0.296 e. The summed E-state index contributed by atoms with van der Waals surface area (Å²) in [6.45, 7) is 3.37. The second kappa shape index (κ2) is 9.00. The standard InChI is InChI=1S/C22H25N3O4S2/c1-2-18(26)20-14-23-21(30-20)13-19(27)22(24-25-11-3-4-12-25)15-5-7-16(8-6-15)31(28,29)17-9-10-17/h5-8,14,17H,2-4,9-13H2,1H3/b24-22+. The van der Waals surface area contributed by atoms with Gasteiger partial charge in [0.25, 0.3) is 0 Å². The molecule has 1 aromatic heterocycles. The molecule has 1 saturated heterocycles. The van der Waals surface area contributed by atoms with E-state index in [9.17, 15) is 18.0 Å². The number of rotatable bonds is 9. The number of benzene rings is 1. The van der Waals surface area contributed by atoms with Crippen LogP contribution >= 0.6 is 11.3 Å². The molecule has 2 aromatic rings. The van der Waals surface area contributed by atoms with Gasteiger partial charge >= 0.3 is 0 Å². The minimum Gasteiger partial charge on any atom is -0.296 e. The van der Waals surface area contributed by atoms with Crippen molar-refractivity contribution in [2.24, 2.45) is 5.10 Å². The molecule has 4 rings (SSSR count). The summed E-state index contributed by atoms with van der Waals surface area (Å²) in [6, 6.07) is 6.46. The Balaban J connectivity index is 1.59. The van der Waals surface area contributed by atoms with E-state index in [-0.39, 0.29) is 28.1 Å². The van der Waals surface area contributed by atoms with Gasteiger partial charge < -0.3 is 0 Å². The van der Waals surface area contributed by atoms with Crippen molar-refractivity contribution in [3.63, 3.8) is 0 Å². The van der Waals surface area contributed by atoms with Crippen molar-refractivity contribution in [3.05, 3.63) is 45.9 Å². The van der Waals surface area contributed by atoms with Gasteiger partial charge in [0.15, 0.2) is 21.4 Å². The molecule has 2 aliphatic rings. The summed E-state index contributed by atoms with van der Waals surface area (Å²) < 4.78 is 24.9. The number of hydrazone groups is 1. The molecule has 0 amide bonds. The number of nitrogens with zero attached hydrogens (tertiary/aromatic N) is 3. The molecule has 0 spiro atoms. The van der Waals surface area contributed by atoms with Gasteiger partial charge in [-0.25, -0.2) is 13.4 Å². The Labute approximate surface area is 186 Å². The molecule has 1 aliphatic heterocycles. The monoisotopic (exact) mass is 459 g/mol. The first-order valence-electron chi connectivity index (χ1n) is 10.6. The van der Waals surface area contributed by atoms with Crippen LogP contribution < -0.4 is 0 Å². The summed E-state index contributed by atoms with van der Waals surface area (Å²) in [7, 11) is -3.28. The van der Waals surface area contributed by atoms with Crippen molar-refractivity contribution >= 4 is 38.5 Å². The zero-order valence-corrected chi connectivity index (χ0v) is 19.0. The predicted octanol–water partition coefficient (Wildman–Crippen LogP) is 3.28. The van der Waals surface area contributed by atoms with E-state index in [0.717, 1.165) is 25.9 Å². The van der Waals surface area contributed by atoms with E-state index in [1.807, 2.05) is 5.01 Å². The third kappa shape index (κ3) is 4.93. The van der Waals surface area contributed by atoms with Gasteiger partial charge in [-0.05, 0) is 37.8 Å². The molecular formula is C22H25N3O4S2. The van der Waals surface area contributed by atoms with Crippen LogP contribution in [-0.4, -0.2) is 54.0 Å². The van der Waals surface area contributed by atoms with Crippen LogP contribution in [0, 0.1) is 0 Å². The van der Waals surface area contributed by atoms with Crippen LogP contribution in [0.2, 0.25) is 0 Å². The van der Waals surface area contributed by atoms with Crippen molar-refractivity contribution in [2.75, 3.05) is 13.1 Å². The van der Waals surface area contributed by atoms with Crippen LogP contribution in [0.5, 0.6) is 0 Å². The Morgan fingerprint density at radius 1 is 1.16 bits per heavy atom. The van der Waals surface area contributed by atoms with Crippen LogP contribution in [-0.2, 0) is 21.1 Å². The van der Waals surface area contributed by atoms with Crippen molar-refractivity contribution in [1.29, 1.82) is 0 Å². The zero-order valence-electron chi connectivity index (χ0n) is 17.4. The highest BCUT2D eigenvalue weighted by atomic mass is 32.2. The first-order chi connectivity index (χ1) is 14.9. The number of carbonyl (C=O) groups excluding carboxylic acids is 2. The highest BCUT2D eigenvalue weighted by Crippen LogP contribution is 2.33. The fourth-order valence-electron chi connectivity index (χ4n) is 3.51. The van der Waals surface area contributed by atoms with E-state index >= 15 is 0 Å². The van der Waals surface area contributed by atoms with Crippen LogP contribution in [0.1, 0.15) is 59.3 Å². The van der Waals surface area contributed by atoms with Crippen LogP contribution in [0.4, 0.5) is 0 Å². The van der Waals surface area contributed by atoms with E-state index in [1.165, 1.54) is 17.5 Å². The number of ketones is 2. The first kappa shape index (κ1) is 21.8. The maximum Gasteiger partial charge on any atom is 0.190 e. The van der Waals surface area contributed by atoms with Gasteiger partial charge in [0.05, 0.1) is 21.4 Å². The molecule has 0 bridgehead atoms. The molecule has 2 heterocycles.